The predicted molar refractivity (Wildman–Crippen MR) is 67.0 cm³/mol. The van der Waals surface area contributed by atoms with Crippen LogP contribution in [0.15, 0.2) is 18.2 Å². The second-order valence-electron chi connectivity index (χ2n) is 4.68. The van der Waals surface area contributed by atoms with Crippen LogP contribution in [0.2, 0.25) is 0 Å². The lowest BCUT2D eigenvalue weighted by atomic mass is 9.63. The summed E-state index contributed by atoms with van der Waals surface area (Å²) in [4.78, 5) is 0. The largest absolute Gasteiger partial charge is 0.496 e. The van der Waals surface area contributed by atoms with Crippen LogP contribution in [0, 0.1) is 0 Å². The topological polar surface area (TPSA) is 35.2 Å². The summed E-state index contributed by atoms with van der Waals surface area (Å²) in [6.45, 7) is 2.94. The summed E-state index contributed by atoms with van der Waals surface area (Å²) in [5.41, 5.74) is 8.97. The fourth-order valence-electron chi connectivity index (χ4n) is 2.81. The zero-order valence-electron chi connectivity index (χ0n) is 10.3. The molecule has 2 nitrogen and oxygen atoms in total. The molecule has 1 saturated carbocycles. The van der Waals surface area contributed by atoms with Gasteiger partial charge in [-0.2, -0.15) is 0 Å². The second-order valence-corrected chi connectivity index (χ2v) is 4.68. The normalized spacial score (nSPS) is 17.9. The molecule has 0 atom stereocenters. The van der Waals surface area contributed by atoms with Crippen molar-refractivity contribution in [1.29, 1.82) is 0 Å². The van der Waals surface area contributed by atoms with Gasteiger partial charge in [-0.15, -0.1) is 0 Å². The first kappa shape index (κ1) is 11.5. The van der Waals surface area contributed by atoms with E-state index >= 15 is 0 Å². The van der Waals surface area contributed by atoms with E-state index in [0.29, 0.717) is 0 Å². The third-order valence-electron chi connectivity index (χ3n) is 3.98. The number of nitrogens with two attached hydrogens (primary N) is 1. The van der Waals surface area contributed by atoms with Crippen molar-refractivity contribution in [2.75, 3.05) is 13.7 Å². The molecule has 1 aliphatic carbocycles. The quantitative estimate of drug-likeness (QED) is 0.845. The highest BCUT2D eigenvalue weighted by Crippen LogP contribution is 2.45. The summed E-state index contributed by atoms with van der Waals surface area (Å²) in [7, 11) is 1.74. The van der Waals surface area contributed by atoms with Gasteiger partial charge in [0.1, 0.15) is 5.75 Å². The van der Waals surface area contributed by atoms with Gasteiger partial charge in [0.15, 0.2) is 0 Å². The Morgan fingerprint density at radius 2 is 2.12 bits per heavy atom. The smallest absolute Gasteiger partial charge is 0.122 e. The summed E-state index contributed by atoms with van der Waals surface area (Å²) in [5.74, 6) is 1.01. The third kappa shape index (κ3) is 1.61. The number of rotatable bonds is 4. The molecule has 2 heteroatoms. The van der Waals surface area contributed by atoms with Crippen molar-refractivity contribution in [3.05, 3.63) is 29.3 Å². The molecule has 0 unspecified atom stereocenters. The Kier molecular flexibility index (Phi) is 3.20. The summed E-state index contributed by atoms with van der Waals surface area (Å²) in [6.07, 6.45) is 4.77. The van der Waals surface area contributed by atoms with Gasteiger partial charge in [-0.3, -0.25) is 0 Å². The summed E-state index contributed by atoms with van der Waals surface area (Å²) in [6, 6.07) is 6.36. The zero-order chi connectivity index (χ0) is 11.6. The first-order chi connectivity index (χ1) is 7.77. The fraction of sp³-hybridized carbons (Fsp3) is 0.571. The van der Waals surface area contributed by atoms with Crippen molar-refractivity contribution in [2.24, 2.45) is 5.73 Å². The van der Waals surface area contributed by atoms with Crippen molar-refractivity contribution >= 4 is 0 Å². The summed E-state index contributed by atoms with van der Waals surface area (Å²) in [5, 5.41) is 0. The maximum atomic E-state index is 5.98. The molecule has 88 valence electrons. The first-order valence-electron chi connectivity index (χ1n) is 6.14. The molecule has 0 aliphatic heterocycles. The molecule has 1 fully saturated rings. The zero-order valence-corrected chi connectivity index (χ0v) is 10.3. The van der Waals surface area contributed by atoms with Gasteiger partial charge in [0.2, 0.25) is 0 Å². The van der Waals surface area contributed by atoms with Crippen LogP contribution in [0.5, 0.6) is 5.75 Å². The standard InChI is InChI=1S/C14H21NO/c1-3-11-12(6-4-7-13(11)16-2)14(10-15)8-5-9-14/h4,6-7H,3,5,8-10,15H2,1-2H3. The fourth-order valence-corrected chi connectivity index (χ4v) is 2.81. The highest BCUT2D eigenvalue weighted by atomic mass is 16.5. The molecule has 1 aliphatic rings. The van der Waals surface area contributed by atoms with Gasteiger partial charge >= 0.3 is 0 Å². The average Bonchev–Trinajstić information content (AvgIpc) is 2.28. The Morgan fingerprint density at radius 3 is 2.56 bits per heavy atom. The van der Waals surface area contributed by atoms with E-state index < -0.39 is 0 Å². The Hall–Kier alpha value is -1.02. The van der Waals surface area contributed by atoms with Gasteiger partial charge in [0, 0.05) is 12.0 Å². The Morgan fingerprint density at radius 1 is 1.38 bits per heavy atom. The molecule has 1 aromatic rings. The number of ether oxygens (including phenoxy) is 1. The van der Waals surface area contributed by atoms with Gasteiger partial charge in [-0.05, 0) is 36.5 Å². The minimum absolute atomic E-state index is 0.236. The number of hydrogen-bond donors (Lipinski definition) is 1. The summed E-state index contributed by atoms with van der Waals surface area (Å²) >= 11 is 0. The minimum atomic E-state index is 0.236. The number of hydrogen-bond acceptors (Lipinski definition) is 2. The molecule has 0 radical (unpaired) electrons. The molecule has 2 rings (SSSR count). The summed E-state index contributed by atoms with van der Waals surface area (Å²) < 4.78 is 5.44. The molecular weight excluding hydrogens is 198 g/mol. The van der Waals surface area contributed by atoms with Crippen LogP contribution >= 0.6 is 0 Å². The number of benzene rings is 1. The van der Waals surface area contributed by atoms with Crippen molar-refractivity contribution < 1.29 is 4.74 Å². The van der Waals surface area contributed by atoms with E-state index in [-0.39, 0.29) is 5.41 Å². The third-order valence-corrected chi connectivity index (χ3v) is 3.98. The van der Waals surface area contributed by atoms with Crippen LogP contribution in [0.1, 0.15) is 37.3 Å². The second kappa shape index (κ2) is 4.46. The molecule has 16 heavy (non-hydrogen) atoms. The number of methoxy groups -OCH3 is 1. The van der Waals surface area contributed by atoms with Crippen molar-refractivity contribution in [2.45, 2.75) is 38.0 Å². The molecule has 0 aromatic heterocycles. The van der Waals surface area contributed by atoms with Crippen LogP contribution < -0.4 is 10.5 Å². The van der Waals surface area contributed by atoms with Gasteiger partial charge in [0.05, 0.1) is 7.11 Å². The molecule has 2 N–H and O–H groups in total. The van der Waals surface area contributed by atoms with E-state index in [0.717, 1.165) is 18.7 Å². The van der Waals surface area contributed by atoms with E-state index in [4.69, 9.17) is 10.5 Å². The monoisotopic (exact) mass is 219 g/mol. The van der Waals surface area contributed by atoms with Crippen LogP contribution in [-0.2, 0) is 11.8 Å². The van der Waals surface area contributed by atoms with Crippen LogP contribution in [0.4, 0.5) is 0 Å². The van der Waals surface area contributed by atoms with Crippen molar-refractivity contribution in [3.8, 4) is 5.75 Å². The lowest BCUT2D eigenvalue weighted by molar-refractivity contribution is 0.250. The van der Waals surface area contributed by atoms with Gasteiger partial charge < -0.3 is 10.5 Å². The molecule has 0 spiro atoms. The van der Waals surface area contributed by atoms with E-state index in [9.17, 15) is 0 Å². The first-order valence-corrected chi connectivity index (χ1v) is 6.14. The SMILES string of the molecule is CCc1c(OC)cccc1C1(CN)CCC1. The van der Waals surface area contributed by atoms with E-state index in [1.807, 2.05) is 6.07 Å². The predicted octanol–water partition coefficient (Wildman–Crippen LogP) is 2.64. The Bertz CT molecular complexity index is 363. The Labute approximate surface area is 97.8 Å². The van der Waals surface area contributed by atoms with Gasteiger partial charge in [0.25, 0.3) is 0 Å². The van der Waals surface area contributed by atoms with E-state index in [1.54, 1.807) is 7.11 Å². The lowest BCUT2D eigenvalue weighted by Crippen LogP contribution is -2.42. The van der Waals surface area contributed by atoms with Crippen LogP contribution in [0.25, 0.3) is 0 Å². The minimum Gasteiger partial charge on any atom is -0.496 e. The van der Waals surface area contributed by atoms with Gasteiger partial charge in [-0.25, -0.2) is 0 Å². The highest BCUT2D eigenvalue weighted by Gasteiger charge is 2.39. The van der Waals surface area contributed by atoms with E-state index in [1.165, 1.54) is 30.4 Å². The van der Waals surface area contributed by atoms with Crippen LogP contribution in [0.3, 0.4) is 0 Å². The molecule has 1 aromatic carbocycles. The maximum absolute atomic E-state index is 5.98. The molecular formula is C14H21NO. The lowest BCUT2D eigenvalue weighted by Gasteiger charge is -2.43. The van der Waals surface area contributed by atoms with Crippen LogP contribution in [-0.4, -0.2) is 13.7 Å². The maximum Gasteiger partial charge on any atom is 0.122 e. The van der Waals surface area contributed by atoms with E-state index in [2.05, 4.69) is 19.1 Å². The average molecular weight is 219 g/mol. The van der Waals surface area contributed by atoms with Gasteiger partial charge in [-0.1, -0.05) is 25.5 Å². The molecule has 0 heterocycles. The Balaban J connectivity index is 2.47. The highest BCUT2D eigenvalue weighted by molar-refractivity contribution is 5.45. The molecule has 0 saturated heterocycles. The van der Waals surface area contributed by atoms with Crippen molar-refractivity contribution in [1.82, 2.24) is 0 Å². The van der Waals surface area contributed by atoms with Crippen molar-refractivity contribution in [3.63, 3.8) is 0 Å². The molecule has 0 bridgehead atoms. The molecule has 0 amide bonds.